The summed E-state index contributed by atoms with van der Waals surface area (Å²) in [5, 5.41) is 0. The molecule has 4 atom stereocenters. The van der Waals surface area contributed by atoms with Crippen molar-refractivity contribution in [3.05, 3.63) is 59.8 Å². The van der Waals surface area contributed by atoms with Crippen molar-refractivity contribution >= 4 is 0 Å². The predicted octanol–water partition coefficient (Wildman–Crippen LogP) is 2.46. The van der Waals surface area contributed by atoms with Crippen molar-refractivity contribution < 1.29 is 0 Å². The average Bonchev–Trinajstić information content (AvgIpc) is 2.64. The SMILES string of the molecule is CN1C2C=CC=C3C=CC4=CC=CC1C4C32. The molecule has 1 aliphatic heterocycles. The number of hydrogen-bond donors (Lipinski definition) is 0. The molecule has 1 saturated heterocycles. The maximum atomic E-state index is 2.52. The van der Waals surface area contributed by atoms with Crippen LogP contribution in [0.15, 0.2) is 59.8 Å². The van der Waals surface area contributed by atoms with Crippen LogP contribution in [0.1, 0.15) is 0 Å². The van der Waals surface area contributed by atoms with E-state index in [9.17, 15) is 0 Å². The van der Waals surface area contributed by atoms with Gasteiger partial charge in [-0.1, -0.05) is 48.6 Å². The highest BCUT2D eigenvalue weighted by Gasteiger charge is 2.49. The third kappa shape index (κ3) is 0.903. The van der Waals surface area contributed by atoms with Gasteiger partial charge in [0.15, 0.2) is 0 Å². The first-order valence-electron chi connectivity index (χ1n) is 6.03. The summed E-state index contributed by atoms with van der Waals surface area (Å²) in [7, 11) is 2.26. The van der Waals surface area contributed by atoms with E-state index in [0.29, 0.717) is 23.9 Å². The van der Waals surface area contributed by atoms with E-state index < -0.39 is 0 Å². The summed E-state index contributed by atoms with van der Waals surface area (Å²) in [6, 6.07) is 1.18. The average molecular weight is 209 g/mol. The first-order valence-corrected chi connectivity index (χ1v) is 6.03. The van der Waals surface area contributed by atoms with Crippen molar-refractivity contribution in [3.63, 3.8) is 0 Å². The normalized spacial score (nSPS) is 43.1. The number of allylic oxidation sites excluding steroid dienone is 6. The van der Waals surface area contributed by atoms with Gasteiger partial charge in [-0.25, -0.2) is 0 Å². The number of hydrogen-bond acceptors (Lipinski definition) is 1. The topological polar surface area (TPSA) is 3.24 Å². The molecule has 4 rings (SSSR count). The van der Waals surface area contributed by atoms with Gasteiger partial charge in [-0.3, -0.25) is 4.90 Å². The van der Waals surface area contributed by atoms with Crippen LogP contribution in [0.2, 0.25) is 0 Å². The molecule has 3 aliphatic carbocycles. The highest BCUT2D eigenvalue weighted by atomic mass is 15.2. The van der Waals surface area contributed by atoms with Crippen molar-refractivity contribution in [1.82, 2.24) is 4.90 Å². The fraction of sp³-hybridized carbons (Fsp3) is 0.333. The van der Waals surface area contributed by atoms with Gasteiger partial charge in [0, 0.05) is 23.9 Å². The van der Waals surface area contributed by atoms with Crippen LogP contribution in [0.3, 0.4) is 0 Å². The molecular formula is C15H15N. The molecule has 0 radical (unpaired) electrons. The summed E-state index contributed by atoms with van der Waals surface area (Å²) in [4.78, 5) is 2.52. The molecule has 4 unspecified atom stereocenters. The Hall–Kier alpha value is -1.34. The van der Waals surface area contributed by atoms with Crippen LogP contribution >= 0.6 is 0 Å². The van der Waals surface area contributed by atoms with E-state index >= 15 is 0 Å². The third-order valence-electron chi connectivity index (χ3n) is 4.50. The molecule has 0 N–H and O–H groups in total. The standard InChI is InChI=1S/C15H15N/c1-16-12-6-2-4-10-8-9-11-5-3-7-13(16)15(11)14(10)12/h2-9,12-15H,1H3. The molecule has 4 aliphatic rings. The Morgan fingerprint density at radius 3 is 1.88 bits per heavy atom. The Balaban J connectivity index is 1.95. The lowest BCUT2D eigenvalue weighted by Crippen LogP contribution is -2.33. The Morgan fingerprint density at radius 2 is 1.38 bits per heavy atom. The predicted molar refractivity (Wildman–Crippen MR) is 65.9 cm³/mol. The van der Waals surface area contributed by atoms with Crippen molar-refractivity contribution in [1.29, 1.82) is 0 Å². The van der Waals surface area contributed by atoms with Gasteiger partial charge < -0.3 is 0 Å². The van der Waals surface area contributed by atoms with Gasteiger partial charge in [0.05, 0.1) is 0 Å². The highest BCUT2D eigenvalue weighted by Crippen LogP contribution is 2.49. The molecule has 0 bridgehead atoms. The summed E-state index contributed by atoms with van der Waals surface area (Å²) in [6.07, 6.45) is 18.3. The molecule has 1 fully saturated rings. The van der Waals surface area contributed by atoms with Crippen LogP contribution in [0.4, 0.5) is 0 Å². The maximum Gasteiger partial charge on any atom is 0.0359 e. The summed E-state index contributed by atoms with van der Waals surface area (Å²) in [5.41, 5.74) is 3.03. The van der Waals surface area contributed by atoms with E-state index in [1.54, 1.807) is 0 Å². The minimum Gasteiger partial charge on any atom is -0.292 e. The van der Waals surface area contributed by atoms with E-state index in [1.807, 2.05) is 0 Å². The molecule has 16 heavy (non-hydrogen) atoms. The van der Waals surface area contributed by atoms with Gasteiger partial charge in [0.1, 0.15) is 0 Å². The second kappa shape index (κ2) is 2.86. The lowest BCUT2D eigenvalue weighted by Gasteiger charge is -2.32. The molecule has 1 heteroatoms. The Morgan fingerprint density at radius 1 is 0.875 bits per heavy atom. The summed E-state index contributed by atoms with van der Waals surface area (Å²) in [6.45, 7) is 0. The monoisotopic (exact) mass is 209 g/mol. The van der Waals surface area contributed by atoms with E-state index in [1.165, 1.54) is 11.1 Å². The zero-order chi connectivity index (χ0) is 10.7. The molecule has 0 saturated carbocycles. The van der Waals surface area contributed by atoms with Gasteiger partial charge in [0.2, 0.25) is 0 Å². The second-order valence-electron chi connectivity index (χ2n) is 5.13. The zero-order valence-corrected chi connectivity index (χ0v) is 9.38. The molecule has 0 amide bonds. The quantitative estimate of drug-likeness (QED) is 0.592. The van der Waals surface area contributed by atoms with Crippen LogP contribution < -0.4 is 0 Å². The van der Waals surface area contributed by atoms with E-state index in [4.69, 9.17) is 0 Å². The molecule has 0 aromatic carbocycles. The summed E-state index contributed by atoms with van der Waals surface area (Å²) < 4.78 is 0. The first kappa shape index (κ1) is 8.77. The van der Waals surface area contributed by atoms with Gasteiger partial charge in [-0.05, 0) is 18.2 Å². The Bertz CT molecular complexity index is 446. The molecule has 80 valence electrons. The van der Waals surface area contributed by atoms with Crippen LogP contribution in [-0.4, -0.2) is 24.0 Å². The van der Waals surface area contributed by atoms with Crippen molar-refractivity contribution in [3.8, 4) is 0 Å². The van der Waals surface area contributed by atoms with Crippen LogP contribution in [-0.2, 0) is 0 Å². The fourth-order valence-electron chi connectivity index (χ4n) is 3.76. The minimum absolute atomic E-state index is 0.589. The molecular weight excluding hydrogens is 194 g/mol. The summed E-state index contributed by atoms with van der Waals surface area (Å²) >= 11 is 0. The van der Waals surface area contributed by atoms with E-state index in [2.05, 4.69) is 60.6 Å². The van der Waals surface area contributed by atoms with Gasteiger partial charge in [-0.2, -0.15) is 0 Å². The number of nitrogens with zero attached hydrogens (tertiary/aromatic N) is 1. The van der Waals surface area contributed by atoms with Crippen LogP contribution in [0.5, 0.6) is 0 Å². The zero-order valence-electron chi connectivity index (χ0n) is 9.38. The fourth-order valence-corrected chi connectivity index (χ4v) is 3.76. The third-order valence-corrected chi connectivity index (χ3v) is 4.50. The molecule has 0 spiro atoms. The van der Waals surface area contributed by atoms with Crippen LogP contribution in [0.25, 0.3) is 0 Å². The highest BCUT2D eigenvalue weighted by molar-refractivity contribution is 5.50. The summed E-state index contributed by atoms with van der Waals surface area (Å²) in [5.74, 6) is 1.36. The first-order chi connectivity index (χ1) is 7.86. The second-order valence-corrected chi connectivity index (χ2v) is 5.13. The van der Waals surface area contributed by atoms with Crippen LogP contribution in [0, 0.1) is 11.8 Å². The number of likely N-dealkylation sites (tertiary alicyclic amines) is 1. The Kier molecular flexibility index (Phi) is 1.57. The Labute approximate surface area is 96.1 Å². The van der Waals surface area contributed by atoms with Gasteiger partial charge in [0.25, 0.3) is 0 Å². The number of rotatable bonds is 0. The van der Waals surface area contributed by atoms with Crippen molar-refractivity contribution in [2.75, 3.05) is 7.05 Å². The molecule has 1 nitrogen and oxygen atoms in total. The van der Waals surface area contributed by atoms with E-state index in [0.717, 1.165) is 0 Å². The maximum absolute atomic E-state index is 2.52. The lowest BCUT2D eigenvalue weighted by molar-refractivity contribution is 0.291. The lowest BCUT2D eigenvalue weighted by atomic mass is 9.71. The molecule has 0 aromatic rings. The van der Waals surface area contributed by atoms with Crippen molar-refractivity contribution in [2.45, 2.75) is 12.1 Å². The van der Waals surface area contributed by atoms with E-state index in [-0.39, 0.29) is 0 Å². The number of likely N-dealkylation sites (N-methyl/N-ethyl adjacent to an activating group) is 1. The van der Waals surface area contributed by atoms with Gasteiger partial charge >= 0.3 is 0 Å². The van der Waals surface area contributed by atoms with Crippen molar-refractivity contribution in [2.24, 2.45) is 11.8 Å². The molecule has 1 heterocycles. The minimum atomic E-state index is 0.589. The smallest absolute Gasteiger partial charge is 0.0359 e. The largest absolute Gasteiger partial charge is 0.292 e. The molecule has 0 aromatic heterocycles. The van der Waals surface area contributed by atoms with Gasteiger partial charge in [-0.15, -0.1) is 0 Å².